The van der Waals surface area contributed by atoms with Crippen molar-refractivity contribution < 1.29 is 0 Å². The van der Waals surface area contributed by atoms with Gasteiger partial charge in [-0.05, 0) is 12.1 Å². The highest BCUT2D eigenvalue weighted by atomic mass is 16.2. The monoisotopic (exact) mass is 268 g/mol. The summed E-state index contributed by atoms with van der Waals surface area (Å²) in [5.74, 6) is 0. The minimum atomic E-state index is -0.572. The van der Waals surface area contributed by atoms with E-state index in [1.54, 1.807) is 0 Å². The van der Waals surface area contributed by atoms with Crippen molar-refractivity contribution in [3.05, 3.63) is 69.1 Å². The van der Waals surface area contributed by atoms with E-state index in [2.05, 4.69) is 9.97 Å². The molecular formula is C14H12N4O2. The normalized spacial score (nSPS) is 10.8. The summed E-state index contributed by atoms with van der Waals surface area (Å²) in [4.78, 5) is 29.5. The summed E-state index contributed by atoms with van der Waals surface area (Å²) in [5.41, 5.74) is 6.02. The van der Waals surface area contributed by atoms with Crippen LogP contribution in [-0.4, -0.2) is 14.5 Å². The number of nitrogens with one attached hydrogen (secondary N) is 1. The Kier molecular flexibility index (Phi) is 2.83. The highest BCUT2D eigenvalue weighted by Gasteiger charge is 2.04. The van der Waals surface area contributed by atoms with Crippen molar-refractivity contribution in [1.29, 1.82) is 0 Å². The molecule has 0 unspecified atom stereocenters. The molecule has 0 saturated carbocycles. The average molecular weight is 268 g/mol. The summed E-state index contributed by atoms with van der Waals surface area (Å²) < 4.78 is 1.33. The van der Waals surface area contributed by atoms with Gasteiger partial charge in [0.05, 0.1) is 17.8 Å². The Morgan fingerprint density at radius 2 is 1.95 bits per heavy atom. The molecule has 0 aliphatic carbocycles. The van der Waals surface area contributed by atoms with E-state index >= 15 is 0 Å². The van der Waals surface area contributed by atoms with Gasteiger partial charge in [-0.3, -0.25) is 19.3 Å². The van der Waals surface area contributed by atoms with E-state index in [9.17, 15) is 9.59 Å². The van der Waals surface area contributed by atoms with Crippen molar-refractivity contribution in [2.75, 3.05) is 5.73 Å². The SMILES string of the molecule is Nc1cn(Cc2ccc3ccccc3n2)c(=O)[nH]c1=O. The van der Waals surface area contributed by atoms with Gasteiger partial charge >= 0.3 is 5.69 Å². The van der Waals surface area contributed by atoms with Crippen LogP contribution in [0.3, 0.4) is 0 Å². The lowest BCUT2D eigenvalue weighted by Crippen LogP contribution is -2.31. The Morgan fingerprint density at radius 3 is 2.80 bits per heavy atom. The van der Waals surface area contributed by atoms with Crippen LogP contribution in [0.2, 0.25) is 0 Å². The van der Waals surface area contributed by atoms with Gasteiger partial charge in [-0.1, -0.05) is 24.3 Å². The lowest BCUT2D eigenvalue weighted by molar-refractivity contribution is 0.710. The summed E-state index contributed by atoms with van der Waals surface area (Å²) in [7, 11) is 0. The Morgan fingerprint density at radius 1 is 1.15 bits per heavy atom. The first-order valence-corrected chi connectivity index (χ1v) is 6.07. The maximum Gasteiger partial charge on any atom is 0.328 e. The number of hydrogen-bond acceptors (Lipinski definition) is 4. The summed E-state index contributed by atoms with van der Waals surface area (Å²) in [6.07, 6.45) is 1.33. The Balaban J connectivity index is 2.03. The molecule has 0 amide bonds. The molecule has 3 rings (SSSR count). The number of anilines is 1. The van der Waals surface area contributed by atoms with Gasteiger partial charge in [0.25, 0.3) is 5.56 Å². The van der Waals surface area contributed by atoms with Crippen LogP contribution in [0, 0.1) is 0 Å². The summed E-state index contributed by atoms with van der Waals surface area (Å²) >= 11 is 0. The molecule has 3 aromatic rings. The number of fused-ring (bicyclic) bond motifs is 1. The van der Waals surface area contributed by atoms with Crippen molar-refractivity contribution >= 4 is 16.6 Å². The molecule has 0 saturated heterocycles. The molecule has 6 nitrogen and oxygen atoms in total. The maximum absolute atomic E-state index is 11.7. The summed E-state index contributed by atoms with van der Waals surface area (Å²) in [6, 6.07) is 11.5. The molecule has 0 atom stereocenters. The van der Waals surface area contributed by atoms with Crippen LogP contribution in [0.4, 0.5) is 5.69 Å². The van der Waals surface area contributed by atoms with Crippen LogP contribution in [0.15, 0.2) is 52.2 Å². The van der Waals surface area contributed by atoms with Gasteiger partial charge in [-0.15, -0.1) is 0 Å². The molecule has 6 heteroatoms. The van der Waals surface area contributed by atoms with Crippen LogP contribution in [0.1, 0.15) is 5.69 Å². The number of benzene rings is 1. The standard InChI is InChI=1S/C14H12N4O2/c15-11-8-18(14(20)17-13(11)19)7-10-6-5-9-3-1-2-4-12(9)16-10/h1-6,8H,7,15H2,(H,17,19,20). The van der Waals surface area contributed by atoms with Crippen molar-refractivity contribution in [1.82, 2.24) is 14.5 Å². The molecule has 20 heavy (non-hydrogen) atoms. The number of H-pyrrole nitrogens is 1. The minimum absolute atomic E-state index is 0.00499. The second-order valence-electron chi connectivity index (χ2n) is 4.47. The average Bonchev–Trinajstić information content (AvgIpc) is 2.44. The number of aromatic amines is 1. The zero-order chi connectivity index (χ0) is 14.1. The molecule has 0 aliphatic heterocycles. The number of nitrogen functional groups attached to an aromatic ring is 1. The van der Waals surface area contributed by atoms with E-state index in [4.69, 9.17) is 5.73 Å². The quantitative estimate of drug-likeness (QED) is 0.716. The summed E-state index contributed by atoms with van der Waals surface area (Å²) in [6.45, 7) is 0.255. The Bertz CT molecular complexity index is 895. The zero-order valence-electron chi connectivity index (χ0n) is 10.5. The van der Waals surface area contributed by atoms with Gasteiger partial charge in [0.15, 0.2) is 0 Å². The van der Waals surface area contributed by atoms with E-state index in [1.807, 2.05) is 36.4 Å². The van der Waals surface area contributed by atoms with E-state index < -0.39 is 11.2 Å². The number of rotatable bonds is 2. The van der Waals surface area contributed by atoms with Crippen molar-refractivity contribution in [3.8, 4) is 0 Å². The predicted octanol–water partition coefficient (Wildman–Crippen LogP) is 0.715. The highest BCUT2D eigenvalue weighted by Crippen LogP contribution is 2.12. The predicted molar refractivity (Wildman–Crippen MR) is 76.6 cm³/mol. The first-order chi connectivity index (χ1) is 9.63. The second kappa shape index (κ2) is 4.65. The maximum atomic E-state index is 11.7. The number of pyridine rings is 1. The smallest absolute Gasteiger partial charge is 0.328 e. The van der Waals surface area contributed by atoms with Gasteiger partial charge in [-0.2, -0.15) is 0 Å². The van der Waals surface area contributed by atoms with Crippen LogP contribution in [-0.2, 0) is 6.54 Å². The van der Waals surface area contributed by atoms with Crippen LogP contribution in [0.5, 0.6) is 0 Å². The van der Waals surface area contributed by atoms with Crippen LogP contribution < -0.4 is 17.0 Å². The molecule has 100 valence electrons. The number of nitrogens with zero attached hydrogens (tertiary/aromatic N) is 2. The molecule has 0 radical (unpaired) electrons. The molecule has 0 fully saturated rings. The van der Waals surface area contributed by atoms with E-state index in [-0.39, 0.29) is 12.2 Å². The molecular weight excluding hydrogens is 256 g/mol. The van der Waals surface area contributed by atoms with Gasteiger partial charge in [0.2, 0.25) is 0 Å². The summed E-state index contributed by atoms with van der Waals surface area (Å²) in [5, 5.41) is 1.03. The fourth-order valence-corrected chi connectivity index (χ4v) is 2.01. The van der Waals surface area contributed by atoms with E-state index in [1.165, 1.54) is 10.8 Å². The number of nitrogens with two attached hydrogens (primary N) is 1. The Labute approximate surface area is 113 Å². The van der Waals surface area contributed by atoms with Gasteiger partial charge in [0.1, 0.15) is 5.69 Å². The fourth-order valence-electron chi connectivity index (χ4n) is 2.01. The third-order valence-corrected chi connectivity index (χ3v) is 3.03. The van der Waals surface area contributed by atoms with Crippen LogP contribution in [0.25, 0.3) is 10.9 Å². The molecule has 1 aromatic carbocycles. The first kappa shape index (κ1) is 12.2. The van der Waals surface area contributed by atoms with E-state index in [0.717, 1.165) is 16.6 Å². The zero-order valence-corrected chi connectivity index (χ0v) is 10.5. The third-order valence-electron chi connectivity index (χ3n) is 3.03. The third kappa shape index (κ3) is 2.18. The minimum Gasteiger partial charge on any atom is -0.393 e. The van der Waals surface area contributed by atoms with Gasteiger partial charge in [-0.25, -0.2) is 4.79 Å². The molecule has 0 bridgehead atoms. The van der Waals surface area contributed by atoms with E-state index in [0.29, 0.717) is 0 Å². The molecule has 2 aromatic heterocycles. The lowest BCUT2D eigenvalue weighted by atomic mass is 10.2. The molecule has 2 heterocycles. The van der Waals surface area contributed by atoms with Gasteiger partial charge < -0.3 is 5.73 Å². The largest absolute Gasteiger partial charge is 0.393 e. The molecule has 3 N–H and O–H groups in total. The topological polar surface area (TPSA) is 93.8 Å². The first-order valence-electron chi connectivity index (χ1n) is 6.07. The van der Waals surface area contributed by atoms with Crippen molar-refractivity contribution in [2.45, 2.75) is 6.54 Å². The van der Waals surface area contributed by atoms with Crippen molar-refractivity contribution in [3.63, 3.8) is 0 Å². The van der Waals surface area contributed by atoms with Crippen molar-refractivity contribution in [2.24, 2.45) is 0 Å². The molecule has 0 spiro atoms. The number of hydrogen-bond donors (Lipinski definition) is 2. The Hall–Kier alpha value is -2.89. The fraction of sp³-hybridized carbons (Fsp3) is 0.0714. The lowest BCUT2D eigenvalue weighted by Gasteiger charge is -2.06. The highest BCUT2D eigenvalue weighted by molar-refractivity contribution is 5.78. The number of para-hydroxylation sites is 1. The number of aromatic nitrogens is 3. The molecule has 0 aliphatic rings. The van der Waals surface area contributed by atoms with Crippen LogP contribution >= 0.6 is 0 Å². The van der Waals surface area contributed by atoms with Gasteiger partial charge in [0, 0.05) is 11.6 Å². The second-order valence-corrected chi connectivity index (χ2v) is 4.47.